The van der Waals surface area contributed by atoms with E-state index in [4.69, 9.17) is 0 Å². The van der Waals surface area contributed by atoms with Crippen molar-refractivity contribution in [3.05, 3.63) is 70.8 Å². The fraction of sp³-hybridized carbons (Fsp3) is 0.517. The number of halogens is 6. The molecule has 2 aliphatic rings. The van der Waals surface area contributed by atoms with Gasteiger partial charge in [0.15, 0.2) is 0 Å². The number of hydrogen-bond acceptors (Lipinski definition) is 3. The Kier molecular flexibility index (Phi) is 10.3. The van der Waals surface area contributed by atoms with Gasteiger partial charge in [-0.25, -0.2) is 0 Å². The molecule has 40 heavy (non-hydrogen) atoms. The Morgan fingerprint density at radius 3 is 1.85 bits per heavy atom. The SMILES string of the molecule is CC1CCC(NC(=O)C2(c3ccccc3)CCNCC2)CC1.CNC(=O)c1cc(C(F)(F)F)cc(C(F)(F)F)c1. The van der Waals surface area contributed by atoms with Crippen molar-refractivity contribution in [1.29, 1.82) is 0 Å². The highest BCUT2D eigenvalue weighted by Gasteiger charge is 2.42. The Labute approximate surface area is 230 Å². The van der Waals surface area contributed by atoms with Crippen LogP contribution in [0.3, 0.4) is 0 Å². The summed E-state index contributed by atoms with van der Waals surface area (Å²) in [6, 6.07) is 11.4. The van der Waals surface area contributed by atoms with Crippen LogP contribution < -0.4 is 16.0 Å². The van der Waals surface area contributed by atoms with Gasteiger partial charge < -0.3 is 16.0 Å². The molecule has 1 heterocycles. The van der Waals surface area contributed by atoms with E-state index in [9.17, 15) is 35.9 Å². The van der Waals surface area contributed by atoms with Gasteiger partial charge in [0.1, 0.15) is 0 Å². The van der Waals surface area contributed by atoms with Crippen molar-refractivity contribution >= 4 is 11.8 Å². The van der Waals surface area contributed by atoms with Gasteiger partial charge in [-0.3, -0.25) is 9.59 Å². The van der Waals surface area contributed by atoms with Crippen LogP contribution in [0.15, 0.2) is 48.5 Å². The molecule has 0 spiro atoms. The minimum absolute atomic E-state index is 0.0353. The van der Waals surface area contributed by atoms with Gasteiger partial charge in [-0.15, -0.1) is 0 Å². The first kappa shape index (κ1) is 31.4. The fourth-order valence-corrected chi connectivity index (χ4v) is 5.22. The van der Waals surface area contributed by atoms with Crippen LogP contribution in [0.25, 0.3) is 0 Å². The molecule has 0 radical (unpaired) electrons. The minimum atomic E-state index is -4.95. The zero-order valence-corrected chi connectivity index (χ0v) is 22.5. The number of hydrogen-bond donors (Lipinski definition) is 3. The van der Waals surface area contributed by atoms with Gasteiger partial charge in [-0.1, -0.05) is 37.3 Å². The lowest BCUT2D eigenvalue weighted by atomic mass is 9.72. The van der Waals surface area contributed by atoms with E-state index in [1.54, 1.807) is 0 Å². The maximum atomic E-state index is 13.1. The third-order valence-electron chi connectivity index (χ3n) is 7.65. The molecule has 0 bridgehead atoms. The number of benzene rings is 2. The van der Waals surface area contributed by atoms with Gasteiger partial charge in [0.2, 0.25) is 5.91 Å². The highest BCUT2D eigenvalue weighted by molar-refractivity contribution is 5.94. The molecule has 2 amide bonds. The summed E-state index contributed by atoms with van der Waals surface area (Å²) in [5.41, 5.74) is -2.89. The summed E-state index contributed by atoms with van der Waals surface area (Å²) >= 11 is 0. The van der Waals surface area contributed by atoms with Gasteiger partial charge >= 0.3 is 12.4 Å². The zero-order valence-electron chi connectivity index (χ0n) is 22.5. The average molecular weight is 572 g/mol. The number of rotatable bonds is 4. The van der Waals surface area contributed by atoms with Gasteiger partial charge in [0.05, 0.1) is 16.5 Å². The first-order valence-electron chi connectivity index (χ1n) is 13.3. The van der Waals surface area contributed by atoms with Crippen LogP contribution in [-0.2, 0) is 22.6 Å². The molecule has 4 rings (SSSR count). The largest absolute Gasteiger partial charge is 0.416 e. The Morgan fingerprint density at radius 2 is 1.38 bits per heavy atom. The molecule has 2 fully saturated rings. The summed E-state index contributed by atoms with van der Waals surface area (Å²) in [7, 11) is 1.11. The maximum Gasteiger partial charge on any atom is 0.416 e. The monoisotopic (exact) mass is 571 g/mol. The second-order valence-corrected chi connectivity index (χ2v) is 10.5. The zero-order chi connectivity index (χ0) is 29.6. The third-order valence-corrected chi connectivity index (χ3v) is 7.65. The van der Waals surface area contributed by atoms with Crippen molar-refractivity contribution in [2.75, 3.05) is 20.1 Å². The third kappa shape index (κ3) is 7.99. The molecule has 11 heteroatoms. The highest BCUT2D eigenvalue weighted by atomic mass is 19.4. The van der Waals surface area contributed by atoms with Crippen molar-refractivity contribution in [1.82, 2.24) is 16.0 Å². The van der Waals surface area contributed by atoms with Crippen molar-refractivity contribution in [3.63, 3.8) is 0 Å². The molecular formula is C29H35F6N3O2. The number of carbonyl (C=O) groups excluding carboxylic acids is 2. The van der Waals surface area contributed by atoms with E-state index in [2.05, 4.69) is 41.8 Å². The summed E-state index contributed by atoms with van der Waals surface area (Å²) < 4.78 is 74.4. The highest BCUT2D eigenvalue weighted by Crippen LogP contribution is 2.37. The molecule has 3 N–H and O–H groups in total. The maximum absolute atomic E-state index is 13.1. The second kappa shape index (κ2) is 13.1. The van der Waals surface area contributed by atoms with Crippen molar-refractivity contribution in [2.45, 2.75) is 69.3 Å². The van der Waals surface area contributed by atoms with Crippen molar-refractivity contribution < 1.29 is 35.9 Å². The van der Waals surface area contributed by atoms with Gasteiger partial charge in [-0.05, 0) is 81.3 Å². The molecule has 220 valence electrons. The van der Waals surface area contributed by atoms with E-state index in [1.807, 2.05) is 11.4 Å². The number of carbonyl (C=O) groups is 2. The molecule has 2 aromatic rings. The van der Waals surface area contributed by atoms with Gasteiger partial charge in [0, 0.05) is 18.7 Å². The van der Waals surface area contributed by atoms with E-state index < -0.39 is 35.0 Å². The topological polar surface area (TPSA) is 70.2 Å². The molecule has 0 aromatic heterocycles. The predicted octanol–water partition coefficient (Wildman–Crippen LogP) is 6.09. The van der Waals surface area contributed by atoms with Gasteiger partial charge in [0.25, 0.3) is 5.91 Å². The van der Waals surface area contributed by atoms with Crippen LogP contribution >= 0.6 is 0 Å². The molecule has 2 aromatic carbocycles. The van der Waals surface area contributed by atoms with Crippen LogP contribution in [-0.4, -0.2) is 38.0 Å². The lowest BCUT2D eigenvalue weighted by Crippen LogP contribution is -2.53. The standard InChI is InChI=1S/C19H28N2O.C10H7F6NO/c1-15-7-9-17(10-8-15)21-18(22)19(11-13-20-14-12-19)16-5-3-2-4-6-16;1-17-8(18)5-2-6(9(11,12)13)4-7(3-5)10(14,15)16/h2-6,15,17,20H,7-14H2,1H3,(H,21,22);2-4H,1H3,(H,17,18). The van der Waals surface area contributed by atoms with Crippen LogP contribution in [0.1, 0.15) is 72.5 Å². The van der Waals surface area contributed by atoms with E-state index in [1.165, 1.54) is 18.4 Å². The molecule has 0 unspecified atom stereocenters. The molecule has 1 aliphatic carbocycles. The lowest BCUT2D eigenvalue weighted by Gasteiger charge is -2.38. The van der Waals surface area contributed by atoms with E-state index in [0.717, 1.165) is 51.7 Å². The van der Waals surface area contributed by atoms with Gasteiger partial charge in [-0.2, -0.15) is 26.3 Å². The van der Waals surface area contributed by atoms with Crippen LogP contribution in [0.2, 0.25) is 0 Å². The van der Waals surface area contributed by atoms with E-state index in [-0.39, 0.29) is 17.4 Å². The summed E-state index contributed by atoms with van der Waals surface area (Å²) in [5.74, 6) is 0.0430. The second-order valence-electron chi connectivity index (χ2n) is 10.5. The Morgan fingerprint density at radius 1 is 0.850 bits per heavy atom. The minimum Gasteiger partial charge on any atom is -0.355 e. The molecule has 1 saturated carbocycles. The number of piperidine rings is 1. The number of nitrogens with one attached hydrogen (secondary N) is 3. The molecular weight excluding hydrogens is 536 g/mol. The summed E-state index contributed by atoms with van der Waals surface area (Å²) in [6.45, 7) is 4.16. The number of amides is 2. The Balaban J connectivity index is 0.000000226. The normalized spacial score (nSPS) is 21.0. The molecule has 1 aliphatic heterocycles. The first-order valence-corrected chi connectivity index (χ1v) is 13.3. The molecule has 0 atom stereocenters. The number of alkyl halides is 6. The quantitative estimate of drug-likeness (QED) is 0.390. The summed E-state index contributed by atoms with van der Waals surface area (Å²) in [5, 5.41) is 8.74. The average Bonchev–Trinajstić information content (AvgIpc) is 2.94. The van der Waals surface area contributed by atoms with Crippen LogP contribution in [0.5, 0.6) is 0 Å². The molecule has 5 nitrogen and oxygen atoms in total. The van der Waals surface area contributed by atoms with E-state index >= 15 is 0 Å². The van der Waals surface area contributed by atoms with Crippen LogP contribution in [0.4, 0.5) is 26.3 Å². The smallest absolute Gasteiger partial charge is 0.355 e. The fourth-order valence-electron chi connectivity index (χ4n) is 5.22. The first-order chi connectivity index (χ1) is 18.8. The van der Waals surface area contributed by atoms with Crippen LogP contribution in [0, 0.1) is 5.92 Å². The Bertz CT molecular complexity index is 1100. The lowest BCUT2D eigenvalue weighted by molar-refractivity contribution is -0.143. The predicted molar refractivity (Wildman–Crippen MR) is 140 cm³/mol. The molecule has 1 saturated heterocycles. The summed E-state index contributed by atoms with van der Waals surface area (Å²) in [6.07, 6.45) is -3.37. The van der Waals surface area contributed by atoms with E-state index in [0.29, 0.717) is 18.2 Å². The Hall–Kier alpha value is -3.08. The van der Waals surface area contributed by atoms with Crippen molar-refractivity contribution in [2.24, 2.45) is 5.92 Å². The summed E-state index contributed by atoms with van der Waals surface area (Å²) in [4.78, 5) is 24.3. The van der Waals surface area contributed by atoms with Crippen molar-refractivity contribution in [3.8, 4) is 0 Å².